The van der Waals surface area contributed by atoms with Crippen LogP contribution in [-0.2, 0) is 28.6 Å². The number of nitrogens with zero attached hydrogens (tertiary/aromatic N) is 1. The number of piperidine rings is 1. The first kappa shape index (κ1) is 45.0. The predicted octanol–water partition coefficient (Wildman–Crippen LogP) is 5.44. The van der Waals surface area contributed by atoms with Crippen LogP contribution in [0.3, 0.4) is 0 Å². The van der Waals surface area contributed by atoms with Crippen LogP contribution in [-0.4, -0.2) is 106 Å². The molecular formula is C44H58N2O13. The molecule has 2 aromatic rings. The number of methoxy groups -OCH3 is 1. The van der Waals surface area contributed by atoms with Gasteiger partial charge >= 0.3 is 11.8 Å². The van der Waals surface area contributed by atoms with Crippen molar-refractivity contribution in [3.63, 3.8) is 0 Å². The molecule has 4 aliphatic heterocycles. The lowest BCUT2D eigenvalue weighted by Gasteiger charge is -2.38. The fourth-order valence-corrected chi connectivity index (χ4v) is 8.12. The Morgan fingerprint density at radius 3 is 2.27 bits per heavy atom. The number of benzene rings is 2. The second kappa shape index (κ2) is 18.4. The van der Waals surface area contributed by atoms with Gasteiger partial charge in [0.2, 0.25) is 0 Å². The predicted molar refractivity (Wildman–Crippen MR) is 218 cm³/mol. The third-order valence-electron chi connectivity index (χ3n) is 11.9. The van der Waals surface area contributed by atoms with E-state index in [0.29, 0.717) is 13.1 Å². The lowest BCUT2D eigenvalue weighted by molar-refractivity contribution is -0.160. The van der Waals surface area contributed by atoms with E-state index in [9.17, 15) is 39.6 Å². The Kier molecular flexibility index (Phi) is 14.0. The lowest BCUT2D eigenvalue weighted by Crippen LogP contribution is -2.46. The first-order chi connectivity index (χ1) is 27.8. The maximum absolute atomic E-state index is 14.5. The maximum atomic E-state index is 14.5. The standard InChI is InChI=1S/C44H58N2O13/c1-22-14-13-15-23(2)43(54)45-29-20-31(56-21-32(48)46-17-11-10-12-18-46)33-34(39(29)52)38(51)27(6)41-35(33)42(53)44(8,59-41)57-19-16-30(55-9)24(3)40(58-28(7)47)26(5)37(50)25(4)36(22)49/h13-16,19-20,22,24-26,30,36-37,40,49-52H,10-12,17-18,21H2,1-9H3,(H,45,54)/b14-13-,19-16?,23-15-/t22-,24+,25+,26+,30-,36-,37+,40+,44-/m0/s1. The number of phenols is 2. The number of phenolic OH excluding ortho intramolecular Hbond substituents is 2. The van der Waals surface area contributed by atoms with E-state index in [1.165, 1.54) is 59.3 Å². The number of aliphatic hydroxyl groups is 2. The van der Waals surface area contributed by atoms with E-state index in [4.69, 9.17) is 23.7 Å². The van der Waals surface area contributed by atoms with E-state index in [1.54, 1.807) is 44.7 Å². The number of rotatable bonds is 5. The molecule has 322 valence electrons. The molecule has 0 spiro atoms. The number of fused-ring (bicyclic) bond motifs is 14. The van der Waals surface area contributed by atoms with Crippen molar-refractivity contribution in [2.24, 2.45) is 23.7 Å². The number of ether oxygens (including phenoxy) is 5. The number of ketones is 1. The molecule has 0 unspecified atom stereocenters. The van der Waals surface area contributed by atoms with E-state index in [0.717, 1.165) is 19.3 Å². The monoisotopic (exact) mass is 822 g/mol. The normalized spacial score (nSPS) is 30.9. The molecule has 0 aliphatic carbocycles. The Morgan fingerprint density at radius 2 is 1.63 bits per heavy atom. The highest BCUT2D eigenvalue weighted by molar-refractivity contribution is 6.21. The largest absolute Gasteiger partial charge is 0.507 e. The zero-order chi connectivity index (χ0) is 43.5. The molecule has 1 saturated heterocycles. The first-order valence-corrected chi connectivity index (χ1v) is 20.1. The number of aliphatic hydroxyl groups excluding tert-OH is 2. The van der Waals surface area contributed by atoms with Crippen LogP contribution in [0.1, 0.15) is 83.7 Å². The van der Waals surface area contributed by atoms with Gasteiger partial charge in [-0.25, -0.2) is 0 Å². The van der Waals surface area contributed by atoms with Crippen LogP contribution in [0, 0.1) is 30.6 Å². The maximum Gasteiger partial charge on any atom is 0.312 e. The Balaban J connectivity index is 1.66. The highest BCUT2D eigenvalue weighted by atomic mass is 16.7. The number of amides is 2. The molecule has 15 heteroatoms. The van der Waals surface area contributed by atoms with Crippen molar-refractivity contribution in [2.45, 2.75) is 105 Å². The minimum absolute atomic E-state index is 0.0460. The van der Waals surface area contributed by atoms with Crippen molar-refractivity contribution in [2.75, 3.05) is 32.1 Å². The Labute approximate surface area is 344 Å². The summed E-state index contributed by atoms with van der Waals surface area (Å²) >= 11 is 0. The van der Waals surface area contributed by atoms with E-state index < -0.39 is 89.6 Å². The van der Waals surface area contributed by atoms with Crippen LogP contribution in [0.5, 0.6) is 23.0 Å². The van der Waals surface area contributed by atoms with Crippen molar-refractivity contribution in [3.8, 4) is 23.0 Å². The Hall–Kier alpha value is -5.12. The van der Waals surface area contributed by atoms with Gasteiger partial charge in [0.05, 0.1) is 41.2 Å². The molecule has 5 N–H and O–H groups in total. The third-order valence-corrected chi connectivity index (χ3v) is 11.9. The molecule has 1 fully saturated rings. The number of aromatic hydroxyl groups is 2. The van der Waals surface area contributed by atoms with Gasteiger partial charge in [0.15, 0.2) is 12.4 Å². The Morgan fingerprint density at radius 1 is 0.949 bits per heavy atom. The number of carbonyl (C=O) groups is 4. The summed E-state index contributed by atoms with van der Waals surface area (Å²) in [6, 6.07) is 1.29. The van der Waals surface area contributed by atoms with Gasteiger partial charge in [0, 0.05) is 80.3 Å². The molecule has 2 amide bonds. The first-order valence-electron chi connectivity index (χ1n) is 20.1. The number of carbonyl (C=O) groups excluding carboxylic acids is 4. The van der Waals surface area contributed by atoms with Crippen LogP contribution < -0.4 is 14.8 Å². The SMILES string of the molecule is CO[C@H]1C=CO[C@@]2(C)Oc3c(C)c(O)c4c(O)c(cc(OCC(=O)N5CCCCC5)c4c3C2=O)NC(=O)/C(C)=C\C=C/[C@H](C)[C@H](O)[C@@H](C)[C@@H](O)[C@@H](C)[C@H](OC(C)=O)[C@@H]1C. The van der Waals surface area contributed by atoms with Gasteiger partial charge in [-0.2, -0.15) is 0 Å². The second-order valence-corrected chi connectivity index (χ2v) is 16.1. The number of anilines is 1. The van der Waals surface area contributed by atoms with Gasteiger partial charge in [0.25, 0.3) is 17.6 Å². The van der Waals surface area contributed by atoms with Crippen LogP contribution >= 0.6 is 0 Å². The van der Waals surface area contributed by atoms with Crippen LogP contribution in [0.2, 0.25) is 0 Å². The number of Topliss-reactive ketones (excluding diaryl/α,β-unsaturated/α-hetero) is 1. The van der Waals surface area contributed by atoms with E-state index in [2.05, 4.69) is 5.32 Å². The van der Waals surface area contributed by atoms with Gasteiger partial charge in [-0.3, -0.25) is 19.2 Å². The van der Waals surface area contributed by atoms with Gasteiger partial charge in [-0.15, -0.1) is 0 Å². The average Bonchev–Trinajstić information content (AvgIpc) is 3.48. The molecule has 6 rings (SSSR count). The molecule has 0 aromatic heterocycles. The summed E-state index contributed by atoms with van der Waals surface area (Å²) in [6.45, 7) is 13.3. The molecule has 2 aromatic carbocycles. The quantitative estimate of drug-likeness (QED) is 0.188. The van der Waals surface area contributed by atoms with E-state index in [1.807, 2.05) is 0 Å². The highest BCUT2D eigenvalue weighted by Crippen LogP contribution is 2.54. The molecule has 4 heterocycles. The third kappa shape index (κ3) is 9.22. The van der Waals surface area contributed by atoms with Crippen molar-refractivity contribution >= 4 is 40.0 Å². The molecule has 59 heavy (non-hydrogen) atoms. The smallest absolute Gasteiger partial charge is 0.312 e. The van der Waals surface area contributed by atoms with Gasteiger partial charge in [-0.1, -0.05) is 45.9 Å². The van der Waals surface area contributed by atoms with E-state index >= 15 is 0 Å². The number of hydrogen-bond donors (Lipinski definition) is 5. The Bertz CT molecular complexity index is 2040. The summed E-state index contributed by atoms with van der Waals surface area (Å²) in [7, 11) is 1.44. The number of nitrogens with one attached hydrogen (secondary N) is 1. The summed E-state index contributed by atoms with van der Waals surface area (Å²) in [5.41, 5.74) is 0.0368. The van der Waals surface area contributed by atoms with Gasteiger partial charge in [0.1, 0.15) is 23.4 Å². The van der Waals surface area contributed by atoms with Gasteiger partial charge in [-0.05, 0) is 39.2 Å². The fraction of sp³-hybridized carbons (Fsp3) is 0.545. The summed E-state index contributed by atoms with van der Waals surface area (Å²) in [5, 5.41) is 48.5. The molecule has 9 atom stereocenters. The van der Waals surface area contributed by atoms with Crippen molar-refractivity contribution in [1.82, 2.24) is 4.90 Å². The van der Waals surface area contributed by atoms with Crippen LogP contribution in [0.4, 0.5) is 5.69 Å². The fourth-order valence-electron chi connectivity index (χ4n) is 8.12. The van der Waals surface area contributed by atoms with Crippen LogP contribution in [0.25, 0.3) is 10.8 Å². The highest BCUT2D eigenvalue weighted by Gasteiger charge is 2.50. The minimum atomic E-state index is -2.01. The number of hydrogen-bond acceptors (Lipinski definition) is 13. The average molecular weight is 823 g/mol. The number of likely N-dealkylation sites (tertiary alicyclic amines) is 1. The summed E-state index contributed by atoms with van der Waals surface area (Å²) in [5.74, 6) is -7.84. The molecule has 15 nitrogen and oxygen atoms in total. The minimum Gasteiger partial charge on any atom is -0.507 e. The number of esters is 1. The second-order valence-electron chi connectivity index (χ2n) is 16.1. The molecule has 0 radical (unpaired) electrons. The molecule has 4 aliphatic rings. The van der Waals surface area contributed by atoms with Crippen molar-refractivity contribution in [3.05, 3.63) is 53.3 Å². The molecule has 0 saturated carbocycles. The zero-order valence-electron chi connectivity index (χ0n) is 35.2. The van der Waals surface area contributed by atoms with Gasteiger partial charge < -0.3 is 54.3 Å². The van der Waals surface area contributed by atoms with Crippen molar-refractivity contribution in [1.29, 1.82) is 0 Å². The summed E-state index contributed by atoms with van der Waals surface area (Å²) in [6.07, 6.45) is 6.35. The van der Waals surface area contributed by atoms with Crippen molar-refractivity contribution < 1.29 is 63.3 Å². The number of allylic oxidation sites excluding steroid dienone is 2. The topological polar surface area (TPSA) is 211 Å². The van der Waals surface area contributed by atoms with E-state index in [-0.39, 0.29) is 50.6 Å². The summed E-state index contributed by atoms with van der Waals surface area (Å²) < 4.78 is 29.8. The zero-order valence-corrected chi connectivity index (χ0v) is 35.2. The molecular weight excluding hydrogens is 764 g/mol. The molecule has 5 bridgehead atoms. The lowest BCUT2D eigenvalue weighted by atomic mass is 9.78. The van der Waals surface area contributed by atoms with Crippen LogP contribution in [0.15, 0.2) is 42.2 Å². The summed E-state index contributed by atoms with van der Waals surface area (Å²) in [4.78, 5) is 55.4.